The lowest BCUT2D eigenvalue weighted by molar-refractivity contribution is -0.138. The van der Waals surface area contributed by atoms with E-state index in [1.807, 2.05) is 6.92 Å². The molecular formula is C15H20ClNO3. The van der Waals surface area contributed by atoms with Gasteiger partial charge < -0.3 is 14.7 Å². The van der Waals surface area contributed by atoms with Crippen LogP contribution in [0.2, 0.25) is 5.02 Å². The first-order valence-corrected chi connectivity index (χ1v) is 7.29. The molecule has 1 unspecified atom stereocenters. The number of likely N-dealkylation sites (tertiary alicyclic amines) is 1. The molecule has 1 aliphatic heterocycles. The van der Waals surface area contributed by atoms with Gasteiger partial charge in [0.2, 0.25) is 0 Å². The fourth-order valence-corrected chi connectivity index (χ4v) is 2.74. The predicted molar refractivity (Wildman–Crippen MR) is 78.1 cm³/mol. The number of carbonyl (C=O) groups is 1. The summed E-state index contributed by atoms with van der Waals surface area (Å²) in [5, 5.41) is 9.97. The van der Waals surface area contributed by atoms with E-state index in [1.165, 1.54) is 0 Å². The molecule has 1 atom stereocenters. The lowest BCUT2D eigenvalue weighted by Gasteiger charge is -2.34. The number of piperidine rings is 1. The molecule has 0 spiro atoms. The zero-order valence-electron chi connectivity index (χ0n) is 11.6. The van der Waals surface area contributed by atoms with Crippen LogP contribution in [0.5, 0.6) is 5.75 Å². The number of hydrogen-bond donors (Lipinski definition) is 1. The summed E-state index contributed by atoms with van der Waals surface area (Å²) in [5.74, 6) is 0.596. The van der Waals surface area contributed by atoms with Crippen LogP contribution in [0.1, 0.15) is 24.8 Å². The Labute approximate surface area is 124 Å². The largest absolute Gasteiger partial charge is 0.483 e. The maximum atomic E-state index is 12.2. The number of aliphatic hydroxyl groups is 1. The van der Waals surface area contributed by atoms with Gasteiger partial charge in [-0.15, -0.1) is 0 Å². The van der Waals surface area contributed by atoms with Crippen molar-refractivity contribution >= 4 is 17.5 Å². The van der Waals surface area contributed by atoms with E-state index in [0.29, 0.717) is 17.3 Å². The van der Waals surface area contributed by atoms with Crippen molar-refractivity contribution in [3.05, 3.63) is 28.8 Å². The molecule has 0 radical (unpaired) electrons. The number of hydrogen-bond acceptors (Lipinski definition) is 3. The lowest BCUT2D eigenvalue weighted by Crippen LogP contribution is -2.47. The van der Waals surface area contributed by atoms with Crippen molar-refractivity contribution in [2.24, 2.45) is 0 Å². The van der Waals surface area contributed by atoms with Crippen LogP contribution in [0.25, 0.3) is 0 Å². The van der Waals surface area contributed by atoms with Crippen molar-refractivity contribution < 1.29 is 14.6 Å². The van der Waals surface area contributed by atoms with Crippen LogP contribution in [-0.4, -0.2) is 41.7 Å². The van der Waals surface area contributed by atoms with Gasteiger partial charge in [0.05, 0.1) is 12.6 Å². The van der Waals surface area contributed by atoms with Crippen molar-refractivity contribution in [3.8, 4) is 5.75 Å². The van der Waals surface area contributed by atoms with E-state index in [4.69, 9.17) is 16.3 Å². The molecule has 5 heteroatoms. The molecule has 2 rings (SSSR count). The van der Waals surface area contributed by atoms with E-state index in [0.717, 1.165) is 24.8 Å². The van der Waals surface area contributed by atoms with Crippen LogP contribution in [0.3, 0.4) is 0 Å². The van der Waals surface area contributed by atoms with Gasteiger partial charge in [0.1, 0.15) is 5.75 Å². The summed E-state index contributed by atoms with van der Waals surface area (Å²) in [6.07, 6.45) is 2.91. The minimum absolute atomic E-state index is 0.00102. The van der Waals surface area contributed by atoms with E-state index in [2.05, 4.69) is 0 Å². The highest BCUT2D eigenvalue weighted by atomic mass is 35.5. The Balaban J connectivity index is 1.94. The molecule has 1 heterocycles. The number of amides is 1. The number of aryl methyl sites for hydroxylation is 1. The summed E-state index contributed by atoms with van der Waals surface area (Å²) in [6.45, 7) is 2.61. The SMILES string of the molecule is Cc1cc(Cl)ccc1OCC(=O)N1CCCCC1CO. The molecule has 1 aliphatic rings. The maximum absolute atomic E-state index is 12.2. The maximum Gasteiger partial charge on any atom is 0.260 e. The summed E-state index contributed by atoms with van der Waals surface area (Å²) in [5.41, 5.74) is 0.905. The number of rotatable bonds is 4. The number of nitrogens with zero attached hydrogens (tertiary/aromatic N) is 1. The normalized spacial score (nSPS) is 18.9. The summed E-state index contributed by atoms with van der Waals surface area (Å²) in [6, 6.07) is 5.25. The van der Waals surface area contributed by atoms with E-state index < -0.39 is 0 Å². The van der Waals surface area contributed by atoms with Crippen molar-refractivity contribution in [1.29, 1.82) is 0 Å². The molecule has 1 saturated heterocycles. The molecule has 1 aromatic rings. The lowest BCUT2D eigenvalue weighted by atomic mass is 10.0. The van der Waals surface area contributed by atoms with Crippen LogP contribution in [0, 0.1) is 6.92 Å². The summed E-state index contributed by atoms with van der Waals surface area (Å²) in [4.78, 5) is 13.9. The molecule has 1 fully saturated rings. The molecule has 0 bridgehead atoms. The third kappa shape index (κ3) is 3.64. The highest BCUT2D eigenvalue weighted by Gasteiger charge is 2.26. The number of carbonyl (C=O) groups excluding carboxylic acids is 1. The first-order chi connectivity index (χ1) is 9.61. The van der Waals surface area contributed by atoms with Crippen LogP contribution < -0.4 is 4.74 Å². The van der Waals surface area contributed by atoms with Crippen LogP contribution in [0.4, 0.5) is 0 Å². The monoisotopic (exact) mass is 297 g/mol. The number of ether oxygens (including phenoxy) is 1. The van der Waals surface area contributed by atoms with Crippen molar-refractivity contribution in [3.63, 3.8) is 0 Å². The van der Waals surface area contributed by atoms with Gasteiger partial charge in [0.25, 0.3) is 5.91 Å². The highest BCUT2D eigenvalue weighted by molar-refractivity contribution is 6.30. The molecule has 4 nitrogen and oxygen atoms in total. The smallest absolute Gasteiger partial charge is 0.260 e. The zero-order valence-corrected chi connectivity index (χ0v) is 12.4. The van der Waals surface area contributed by atoms with Gasteiger partial charge in [0, 0.05) is 11.6 Å². The van der Waals surface area contributed by atoms with Gasteiger partial charge in [0.15, 0.2) is 6.61 Å². The van der Waals surface area contributed by atoms with Crippen molar-refractivity contribution in [2.75, 3.05) is 19.8 Å². The topological polar surface area (TPSA) is 49.8 Å². The Morgan fingerprint density at radius 2 is 2.30 bits per heavy atom. The fourth-order valence-electron chi connectivity index (χ4n) is 2.52. The third-order valence-corrected chi connectivity index (χ3v) is 3.88. The third-order valence-electron chi connectivity index (χ3n) is 3.65. The predicted octanol–water partition coefficient (Wildman–Crippen LogP) is 2.40. The molecule has 1 aromatic carbocycles. The molecule has 0 aromatic heterocycles. The van der Waals surface area contributed by atoms with E-state index in [9.17, 15) is 9.90 Å². The molecule has 20 heavy (non-hydrogen) atoms. The van der Waals surface area contributed by atoms with Gasteiger partial charge in [-0.25, -0.2) is 0 Å². The van der Waals surface area contributed by atoms with Gasteiger partial charge in [-0.1, -0.05) is 11.6 Å². The molecule has 0 saturated carbocycles. The fraction of sp³-hybridized carbons (Fsp3) is 0.533. The molecule has 0 aliphatic carbocycles. The summed E-state index contributed by atoms with van der Waals surface area (Å²) in [7, 11) is 0. The molecule has 1 N–H and O–H groups in total. The van der Waals surface area contributed by atoms with E-state index in [1.54, 1.807) is 23.1 Å². The Hall–Kier alpha value is -1.26. The minimum atomic E-state index is -0.0712. The van der Waals surface area contributed by atoms with Gasteiger partial charge in [-0.05, 0) is 49.9 Å². The molecule has 110 valence electrons. The Bertz CT molecular complexity index is 478. The van der Waals surface area contributed by atoms with E-state index in [-0.39, 0.29) is 25.2 Å². The van der Waals surface area contributed by atoms with Crippen LogP contribution >= 0.6 is 11.6 Å². The second-order valence-corrected chi connectivity index (χ2v) is 5.55. The van der Waals surface area contributed by atoms with Gasteiger partial charge in [-0.3, -0.25) is 4.79 Å². The second kappa shape index (κ2) is 6.95. The number of aliphatic hydroxyl groups excluding tert-OH is 1. The Kier molecular flexibility index (Phi) is 5.26. The van der Waals surface area contributed by atoms with Gasteiger partial charge in [-0.2, -0.15) is 0 Å². The number of halogens is 1. The average Bonchev–Trinajstić information content (AvgIpc) is 2.46. The molecule has 1 amide bonds. The quantitative estimate of drug-likeness (QED) is 0.928. The van der Waals surface area contributed by atoms with Crippen LogP contribution in [0.15, 0.2) is 18.2 Å². The Morgan fingerprint density at radius 3 is 3.00 bits per heavy atom. The standard InChI is InChI=1S/C15H20ClNO3/c1-11-8-12(16)5-6-14(11)20-10-15(19)17-7-3-2-4-13(17)9-18/h5-6,8,13,18H,2-4,7,9-10H2,1H3. The van der Waals surface area contributed by atoms with Crippen molar-refractivity contribution in [1.82, 2.24) is 4.90 Å². The second-order valence-electron chi connectivity index (χ2n) is 5.12. The van der Waals surface area contributed by atoms with Gasteiger partial charge >= 0.3 is 0 Å². The van der Waals surface area contributed by atoms with Crippen LogP contribution in [-0.2, 0) is 4.79 Å². The number of benzene rings is 1. The highest BCUT2D eigenvalue weighted by Crippen LogP contribution is 2.22. The Morgan fingerprint density at radius 1 is 1.50 bits per heavy atom. The summed E-state index contributed by atoms with van der Waals surface area (Å²) >= 11 is 5.88. The first-order valence-electron chi connectivity index (χ1n) is 6.91. The van der Waals surface area contributed by atoms with E-state index >= 15 is 0 Å². The zero-order chi connectivity index (χ0) is 14.5. The van der Waals surface area contributed by atoms with Crippen molar-refractivity contribution in [2.45, 2.75) is 32.2 Å². The first kappa shape index (κ1) is 15.1. The minimum Gasteiger partial charge on any atom is -0.483 e. The molecular weight excluding hydrogens is 278 g/mol. The average molecular weight is 298 g/mol. The summed E-state index contributed by atoms with van der Waals surface area (Å²) < 4.78 is 5.57.